The lowest BCUT2D eigenvalue weighted by Gasteiger charge is -2.41. The quantitative estimate of drug-likeness (QED) is 0.924. The molecule has 1 fully saturated rings. The summed E-state index contributed by atoms with van der Waals surface area (Å²) < 4.78 is 5.99. The fourth-order valence-electron chi connectivity index (χ4n) is 3.68. The van der Waals surface area contributed by atoms with Crippen LogP contribution in [0.15, 0.2) is 18.3 Å². The number of hydrogen-bond donors (Lipinski definition) is 1. The molecule has 3 atom stereocenters. The van der Waals surface area contributed by atoms with Crippen molar-refractivity contribution in [3.8, 4) is 0 Å². The molecule has 1 aliphatic carbocycles. The first-order valence-electron chi connectivity index (χ1n) is 8.22. The fourth-order valence-corrected chi connectivity index (χ4v) is 3.68. The summed E-state index contributed by atoms with van der Waals surface area (Å²) in [5, 5.41) is 0. The van der Waals surface area contributed by atoms with E-state index in [4.69, 9.17) is 10.5 Å². The maximum Gasteiger partial charge on any atom is 0.0859 e. The van der Waals surface area contributed by atoms with Crippen LogP contribution in [0.5, 0.6) is 0 Å². The number of morpholine rings is 1. The Morgan fingerprint density at radius 1 is 1.43 bits per heavy atom. The number of fused-ring (bicyclic) bond motifs is 1. The van der Waals surface area contributed by atoms with Crippen LogP contribution < -0.4 is 5.73 Å². The Morgan fingerprint density at radius 3 is 3.10 bits per heavy atom. The zero-order valence-electron chi connectivity index (χ0n) is 13.2. The third kappa shape index (κ3) is 3.12. The summed E-state index contributed by atoms with van der Waals surface area (Å²) in [5.74, 6) is 0.340. The maximum atomic E-state index is 6.61. The average molecular weight is 289 g/mol. The Hall–Kier alpha value is -0.970. The van der Waals surface area contributed by atoms with E-state index < -0.39 is 0 Å². The zero-order chi connectivity index (χ0) is 14.8. The maximum absolute atomic E-state index is 6.61. The highest BCUT2D eigenvalue weighted by atomic mass is 16.5. The number of hydrogen-bond acceptors (Lipinski definition) is 4. The van der Waals surface area contributed by atoms with Crippen LogP contribution >= 0.6 is 0 Å². The van der Waals surface area contributed by atoms with E-state index in [1.54, 1.807) is 0 Å². The van der Waals surface area contributed by atoms with Crippen molar-refractivity contribution in [1.82, 2.24) is 9.88 Å². The topological polar surface area (TPSA) is 51.4 Å². The molecule has 0 bridgehead atoms. The molecule has 0 amide bonds. The van der Waals surface area contributed by atoms with Crippen LogP contribution in [0.1, 0.15) is 43.9 Å². The van der Waals surface area contributed by atoms with Gasteiger partial charge in [-0.1, -0.05) is 6.07 Å². The normalized spacial score (nSPS) is 28.4. The third-order valence-corrected chi connectivity index (χ3v) is 4.99. The van der Waals surface area contributed by atoms with Crippen LogP contribution in [0.3, 0.4) is 0 Å². The van der Waals surface area contributed by atoms with Crippen molar-refractivity contribution in [2.45, 2.75) is 57.2 Å². The molecule has 4 nitrogen and oxygen atoms in total. The smallest absolute Gasteiger partial charge is 0.0859 e. The summed E-state index contributed by atoms with van der Waals surface area (Å²) in [6, 6.07) is 4.83. The van der Waals surface area contributed by atoms with Crippen molar-refractivity contribution in [3.63, 3.8) is 0 Å². The molecule has 3 unspecified atom stereocenters. The number of nitrogens with zero attached hydrogens (tertiary/aromatic N) is 2. The van der Waals surface area contributed by atoms with Gasteiger partial charge in [0.15, 0.2) is 0 Å². The van der Waals surface area contributed by atoms with Crippen molar-refractivity contribution in [2.75, 3.05) is 19.7 Å². The Labute approximate surface area is 127 Å². The summed E-state index contributed by atoms with van der Waals surface area (Å²) in [7, 11) is 0. The second kappa shape index (κ2) is 6.42. The third-order valence-electron chi connectivity index (χ3n) is 4.99. The molecule has 2 N–H and O–H groups in total. The Morgan fingerprint density at radius 2 is 2.29 bits per heavy atom. The highest BCUT2D eigenvalue weighted by Gasteiger charge is 2.35. The molecule has 2 aliphatic rings. The molecule has 2 heterocycles. The monoisotopic (exact) mass is 289 g/mol. The molecule has 4 heteroatoms. The van der Waals surface area contributed by atoms with E-state index in [-0.39, 0.29) is 12.1 Å². The van der Waals surface area contributed by atoms with Crippen LogP contribution in [0, 0.1) is 0 Å². The van der Waals surface area contributed by atoms with Crippen LogP contribution in [-0.4, -0.2) is 47.8 Å². The predicted octanol–water partition coefficient (Wildman–Crippen LogP) is 1.94. The molecule has 1 aromatic rings. The number of ether oxygens (including phenoxy) is 1. The summed E-state index contributed by atoms with van der Waals surface area (Å²) in [6.45, 7) is 7.23. The van der Waals surface area contributed by atoms with Gasteiger partial charge in [-0.05, 0) is 44.7 Å². The van der Waals surface area contributed by atoms with Crippen molar-refractivity contribution < 1.29 is 4.74 Å². The second-order valence-electron chi connectivity index (χ2n) is 6.62. The average Bonchev–Trinajstić information content (AvgIpc) is 2.53. The Kier molecular flexibility index (Phi) is 4.57. The highest BCUT2D eigenvalue weighted by Crippen LogP contribution is 2.33. The van der Waals surface area contributed by atoms with E-state index >= 15 is 0 Å². The van der Waals surface area contributed by atoms with Crippen LogP contribution in [0.2, 0.25) is 0 Å². The van der Waals surface area contributed by atoms with E-state index in [0.717, 1.165) is 32.5 Å². The predicted molar refractivity (Wildman–Crippen MR) is 84.3 cm³/mol. The lowest BCUT2D eigenvalue weighted by molar-refractivity contribution is -0.0542. The Bertz CT molecular complexity index is 477. The number of aromatic nitrogens is 1. The van der Waals surface area contributed by atoms with E-state index in [1.807, 2.05) is 12.3 Å². The lowest BCUT2D eigenvalue weighted by atomic mass is 9.80. The first-order chi connectivity index (χ1) is 10.2. The number of rotatable bonds is 3. The van der Waals surface area contributed by atoms with Crippen LogP contribution in [-0.2, 0) is 11.2 Å². The van der Waals surface area contributed by atoms with E-state index in [0.29, 0.717) is 12.0 Å². The molecule has 0 saturated carbocycles. The number of aryl methyl sites for hydroxylation is 1. The van der Waals surface area contributed by atoms with Gasteiger partial charge < -0.3 is 10.5 Å². The number of pyridine rings is 1. The van der Waals surface area contributed by atoms with E-state index in [2.05, 4.69) is 29.8 Å². The minimum absolute atomic E-state index is 0.0421. The molecule has 116 valence electrons. The Balaban J connectivity index is 1.75. The minimum Gasteiger partial charge on any atom is -0.374 e. The van der Waals surface area contributed by atoms with Gasteiger partial charge in [0.2, 0.25) is 0 Å². The molecular formula is C17H27N3O. The van der Waals surface area contributed by atoms with Crippen molar-refractivity contribution >= 4 is 0 Å². The van der Waals surface area contributed by atoms with Gasteiger partial charge in [-0.3, -0.25) is 9.88 Å². The molecule has 1 saturated heterocycles. The lowest BCUT2D eigenvalue weighted by Crippen LogP contribution is -2.54. The highest BCUT2D eigenvalue weighted by molar-refractivity contribution is 5.27. The summed E-state index contributed by atoms with van der Waals surface area (Å²) in [5.41, 5.74) is 9.19. The minimum atomic E-state index is 0.0421. The van der Waals surface area contributed by atoms with Gasteiger partial charge in [0, 0.05) is 43.0 Å². The largest absolute Gasteiger partial charge is 0.374 e. The van der Waals surface area contributed by atoms with Gasteiger partial charge in [-0.2, -0.15) is 0 Å². The first-order valence-corrected chi connectivity index (χ1v) is 8.22. The molecule has 0 aromatic carbocycles. The van der Waals surface area contributed by atoms with Gasteiger partial charge in [-0.25, -0.2) is 0 Å². The first kappa shape index (κ1) is 14.9. The fraction of sp³-hybridized carbons (Fsp3) is 0.706. The molecule has 3 rings (SSSR count). The SMILES string of the molecule is CC(C)N1CCOC(C(N)C2CCCc3cccnc32)C1. The van der Waals surface area contributed by atoms with Gasteiger partial charge >= 0.3 is 0 Å². The molecule has 0 radical (unpaired) electrons. The van der Waals surface area contributed by atoms with Crippen molar-refractivity contribution in [2.24, 2.45) is 5.73 Å². The summed E-state index contributed by atoms with van der Waals surface area (Å²) in [4.78, 5) is 7.09. The van der Waals surface area contributed by atoms with Crippen LogP contribution in [0.4, 0.5) is 0 Å². The van der Waals surface area contributed by atoms with Gasteiger partial charge in [0.1, 0.15) is 0 Å². The second-order valence-corrected chi connectivity index (χ2v) is 6.62. The molecular weight excluding hydrogens is 262 g/mol. The van der Waals surface area contributed by atoms with Gasteiger partial charge in [0.25, 0.3) is 0 Å². The van der Waals surface area contributed by atoms with Crippen molar-refractivity contribution in [3.05, 3.63) is 29.6 Å². The van der Waals surface area contributed by atoms with Gasteiger partial charge in [0.05, 0.1) is 12.7 Å². The molecule has 1 aromatic heterocycles. The number of nitrogens with two attached hydrogens (primary N) is 1. The summed E-state index contributed by atoms with van der Waals surface area (Å²) in [6.07, 6.45) is 5.49. The summed E-state index contributed by atoms with van der Waals surface area (Å²) >= 11 is 0. The molecule has 21 heavy (non-hydrogen) atoms. The van der Waals surface area contributed by atoms with Crippen LogP contribution in [0.25, 0.3) is 0 Å². The van der Waals surface area contributed by atoms with Gasteiger partial charge in [-0.15, -0.1) is 0 Å². The molecule has 0 spiro atoms. The zero-order valence-corrected chi connectivity index (χ0v) is 13.2. The van der Waals surface area contributed by atoms with Crippen molar-refractivity contribution in [1.29, 1.82) is 0 Å². The van der Waals surface area contributed by atoms with E-state index in [1.165, 1.54) is 17.7 Å². The molecule has 1 aliphatic heterocycles. The van der Waals surface area contributed by atoms with E-state index in [9.17, 15) is 0 Å². The standard InChI is InChI=1S/C17H27N3O/c1-12(2)20-9-10-21-15(11-20)16(18)14-7-3-5-13-6-4-8-19-17(13)14/h4,6,8,12,14-16H,3,5,7,9-11,18H2,1-2H3.